The molecule has 0 aliphatic heterocycles. The van der Waals surface area contributed by atoms with E-state index in [4.69, 9.17) is 5.84 Å². The summed E-state index contributed by atoms with van der Waals surface area (Å²) in [6, 6.07) is 18.5. The molecule has 7 nitrogen and oxygen atoms in total. The van der Waals surface area contributed by atoms with Gasteiger partial charge in [0.15, 0.2) is 5.82 Å². The molecule has 1 amide bonds. The first kappa shape index (κ1) is 16.6. The number of pyridine rings is 1. The van der Waals surface area contributed by atoms with Crippen molar-refractivity contribution in [3.05, 3.63) is 78.6 Å². The van der Waals surface area contributed by atoms with E-state index in [1.54, 1.807) is 36.7 Å². The van der Waals surface area contributed by atoms with E-state index in [2.05, 4.69) is 25.7 Å². The Hall–Kier alpha value is -3.84. The van der Waals surface area contributed by atoms with Gasteiger partial charge < -0.3 is 5.32 Å². The van der Waals surface area contributed by atoms with Crippen molar-refractivity contribution in [3.63, 3.8) is 0 Å². The summed E-state index contributed by atoms with van der Waals surface area (Å²) in [6.45, 7) is 0. The van der Waals surface area contributed by atoms with Gasteiger partial charge >= 0.3 is 0 Å². The maximum atomic E-state index is 11.6. The Balaban J connectivity index is 1.75. The van der Waals surface area contributed by atoms with Gasteiger partial charge in [0.2, 0.25) is 0 Å². The number of anilines is 2. The second kappa shape index (κ2) is 7.19. The third-order valence-corrected chi connectivity index (χ3v) is 4.06. The molecule has 0 aliphatic rings. The fraction of sp³-hybridized carbons (Fsp3) is 0. The smallest absolute Gasteiger partial charge is 0.265 e. The molecule has 0 saturated heterocycles. The van der Waals surface area contributed by atoms with Crippen LogP contribution in [0, 0.1) is 0 Å². The van der Waals surface area contributed by atoms with E-state index in [-0.39, 0.29) is 5.91 Å². The van der Waals surface area contributed by atoms with E-state index in [1.165, 1.54) is 0 Å². The number of carbonyl (C=O) groups excluding carboxylic acids is 1. The average Bonchev–Trinajstić information content (AvgIpc) is 2.74. The minimum Gasteiger partial charge on any atom is -0.340 e. The lowest BCUT2D eigenvalue weighted by molar-refractivity contribution is 0.0953. The summed E-state index contributed by atoms with van der Waals surface area (Å²) in [7, 11) is 0. The summed E-state index contributed by atoms with van der Waals surface area (Å²) in [6.07, 6.45) is 3.44. The predicted octanol–water partition coefficient (Wildman–Crippen LogP) is 3.04. The lowest BCUT2D eigenvalue weighted by Crippen LogP contribution is -2.29. The minimum atomic E-state index is -0.340. The zero-order valence-corrected chi connectivity index (χ0v) is 14.3. The summed E-state index contributed by atoms with van der Waals surface area (Å²) in [4.78, 5) is 25.0. The molecule has 0 radical (unpaired) electrons. The lowest BCUT2D eigenvalue weighted by Gasteiger charge is -2.11. The van der Waals surface area contributed by atoms with Crippen molar-refractivity contribution in [2.24, 2.45) is 5.84 Å². The first-order valence-electron chi connectivity index (χ1n) is 8.30. The molecule has 7 heteroatoms. The van der Waals surface area contributed by atoms with Crippen LogP contribution in [0.1, 0.15) is 10.4 Å². The van der Waals surface area contributed by atoms with E-state index in [0.717, 1.165) is 22.2 Å². The Morgan fingerprint density at radius 1 is 0.926 bits per heavy atom. The van der Waals surface area contributed by atoms with E-state index in [9.17, 15) is 4.79 Å². The van der Waals surface area contributed by atoms with E-state index >= 15 is 0 Å². The van der Waals surface area contributed by atoms with Crippen LogP contribution < -0.4 is 16.6 Å². The molecule has 2 aromatic carbocycles. The van der Waals surface area contributed by atoms with Gasteiger partial charge in [-0.15, -0.1) is 0 Å². The van der Waals surface area contributed by atoms with Gasteiger partial charge in [0.05, 0.1) is 5.52 Å². The molecule has 0 spiro atoms. The van der Waals surface area contributed by atoms with Crippen LogP contribution in [0.25, 0.3) is 22.3 Å². The SMILES string of the molecule is NNC(=O)c1ccc(Nc2nc(-c3cccnc3)nc3ccccc23)cc1. The highest BCUT2D eigenvalue weighted by atomic mass is 16.2. The van der Waals surface area contributed by atoms with Crippen LogP contribution in [0.3, 0.4) is 0 Å². The molecule has 0 atom stereocenters. The highest BCUT2D eigenvalue weighted by Crippen LogP contribution is 2.27. The molecular weight excluding hydrogens is 340 g/mol. The van der Waals surface area contributed by atoms with E-state index in [0.29, 0.717) is 17.2 Å². The summed E-state index contributed by atoms with van der Waals surface area (Å²) >= 11 is 0. The van der Waals surface area contributed by atoms with Crippen molar-refractivity contribution >= 4 is 28.3 Å². The fourth-order valence-electron chi connectivity index (χ4n) is 2.72. The Morgan fingerprint density at radius 3 is 2.48 bits per heavy atom. The molecule has 2 heterocycles. The van der Waals surface area contributed by atoms with Crippen LogP contribution in [0.5, 0.6) is 0 Å². The number of hydrogen-bond donors (Lipinski definition) is 3. The van der Waals surface area contributed by atoms with Gasteiger partial charge in [0.25, 0.3) is 5.91 Å². The van der Waals surface area contributed by atoms with Crippen LogP contribution in [0.2, 0.25) is 0 Å². The van der Waals surface area contributed by atoms with Crippen molar-refractivity contribution in [1.29, 1.82) is 0 Å². The number of hydrazine groups is 1. The third-order valence-electron chi connectivity index (χ3n) is 4.06. The van der Waals surface area contributed by atoms with Crippen LogP contribution in [-0.2, 0) is 0 Å². The standard InChI is InChI=1S/C20H16N6O/c21-26-20(27)13-7-9-15(10-8-13)23-19-16-5-1-2-6-17(16)24-18(25-19)14-4-3-11-22-12-14/h1-12H,21H2,(H,26,27)(H,23,24,25). The summed E-state index contributed by atoms with van der Waals surface area (Å²) in [5.74, 6) is 6.09. The quantitative estimate of drug-likeness (QED) is 0.295. The van der Waals surface area contributed by atoms with Gasteiger partial charge in [-0.25, -0.2) is 15.8 Å². The number of nitrogens with one attached hydrogen (secondary N) is 2. The van der Waals surface area contributed by atoms with Gasteiger partial charge in [0.1, 0.15) is 5.82 Å². The van der Waals surface area contributed by atoms with Crippen molar-refractivity contribution < 1.29 is 4.79 Å². The van der Waals surface area contributed by atoms with Crippen LogP contribution in [0.4, 0.5) is 11.5 Å². The second-order valence-electron chi connectivity index (χ2n) is 5.83. The fourth-order valence-corrected chi connectivity index (χ4v) is 2.72. The first-order chi connectivity index (χ1) is 13.2. The number of carbonyl (C=O) groups is 1. The molecule has 0 unspecified atom stereocenters. The molecule has 0 saturated carbocycles. The third kappa shape index (κ3) is 3.44. The molecule has 27 heavy (non-hydrogen) atoms. The summed E-state index contributed by atoms with van der Waals surface area (Å²) < 4.78 is 0. The zero-order valence-electron chi connectivity index (χ0n) is 14.3. The number of aromatic nitrogens is 3. The van der Waals surface area contributed by atoms with Gasteiger partial charge in [-0.05, 0) is 48.5 Å². The van der Waals surface area contributed by atoms with Crippen LogP contribution >= 0.6 is 0 Å². The topological polar surface area (TPSA) is 106 Å². The Bertz CT molecular complexity index is 1100. The first-order valence-corrected chi connectivity index (χ1v) is 8.30. The number of benzene rings is 2. The number of amides is 1. The highest BCUT2D eigenvalue weighted by Gasteiger charge is 2.10. The molecule has 0 bridgehead atoms. The monoisotopic (exact) mass is 356 g/mol. The van der Waals surface area contributed by atoms with Crippen molar-refractivity contribution in [3.8, 4) is 11.4 Å². The number of nitrogen functional groups attached to an aromatic ring is 1. The van der Waals surface area contributed by atoms with Crippen molar-refractivity contribution in [2.45, 2.75) is 0 Å². The van der Waals surface area contributed by atoms with Crippen molar-refractivity contribution in [2.75, 3.05) is 5.32 Å². The molecule has 0 aliphatic carbocycles. The minimum absolute atomic E-state index is 0.340. The molecule has 0 fully saturated rings. The average molecular weight is 356 g/mol. The van der Waals surface area contributed by atoms with Gasteiger partial charge in [-0.1, -0.05) is 12.1 Å². The van der Waals surface area contributed by atoms with Gasteiger partial charge in [0, 0.05) is 34.6 Å². The Labute approximate surface area is 155 Å². The molecule has 4 N–H and O–H groups in total. The summed E-state index contributed by atoms with van der Waals surface area (Å²) in [5.41, 5.74) is 5.05. The van der Waals surface area contributed by atoms with E-state index < -0.39 is 0 Å². The molecule has 4 rings (SSSR count). The normalized spacial score (nSPS) is 10.6. The highest BCUT2D eigenvalue weighted by molar-refractivity contribution is 5.95. The zero-order chi connectivity index (χ0) is 18.6. The number of hydrogen-bond acceptors (Lipinski definition) is 6. The Kier molecular flexibility index (Phi) is 4.42. The molecular formula is C20H16N6O. The predicted molar refractivity (Wildman–Crippen MR) is 104 cm³/mol. The number of para-hydroxylation sites is 1. The number of fused-ring (bicyclic) bond motifs is 1. The largest absolute Gasteiger partial charge is 0.340 e. The number of nitrogens with zero attached hydrogens (tertiary/aromatic N) is 3. The summed E-state index contributed by atoms with van der Waals surface area (Å²) in [5, 5.41) is 4.20. The van der Waals surface area contributed by atoms with Crippen LogP contribution in [0.15, 0.2) is 73.1 Å². The molecule has 4 aromatic rings. The lowest BCUT2D eigenvalue weighted by atomic mass is 10.2. The number of nitrogens with two attached hydrogens (primary N) is 1. The van der Waals surface area contributed by atoms with Gasteiger partial charge in [-0.2, -0.15) is 0 Å². The maximum absolute atomic E-state index is 11.6. The van der Waals surface area contributed by atoms with Gasteiger partial charge in [-0.3, -0.25) is 15.2 Å². The van der Waals surface area contributed by atoms with Crippen molar-refractivity contribution in [1.82, 2.24) is 20.4 Å². The molecule has 2 aromatic heterocycles. The molecule has 132 valence electrons. The van der Waals surface area contributed by atoms with E-state index in [1.807, 2.05) is 36.4 Å². The maximum Gasteiger partial charge on any atom is 0.265 e. The van der Waals surface area contributed by atoms with Crippen LogP contribution in [-0.4, -0.2) is 20.9 Å². The number of rotatable bonds is 4. The second-order valence-corrected chi connectivity index (χ2v) is 5.83. The Morgan fingerprint density at radius 2 is 1.74 bits per heavy atom.